The molecule has 0 radical (unpaired) electrons. The topological polar surface area (TPSA) is 95.5 Å². The van der Waals surface area contributed by atoms with Gasteiger partial charge in [0, 0.05) is 75.5 Å². The lowest BCUT2D eigenvalue weighted by molar-refractivity contribution is 0.410. The normalized spacial score (nSPS) is 18.1. The van der Waals surface area contributed by atoms with Crippen LogP contribution in [0.3, 0.4) is 0 Å². The Kier molecular flexibility index (Phi) is 11.5. The molecule has 9 heteroatoms. The maximum atomic E-state index is 7.24. The van der Waals surface area contributed by atoms with Crippen molar-refractivity contribution in [3.05, 3.63) is 335 Å². The molecule has 0 fully saturated rings. The fourth-order valence-corrected chi connectivity index (χ4v) is 15.4. The van der Waals surface area contributed by atoms with E-state index in [2.05, 4.69) is 253 Å². The maximum absolute atomic E-state index is 7.24. The van der Waals surface area contributed by atoms with E-state index in [1.807, 2.05) is 53.8 Å². The van der Waals surface area contributed by atoms with E-state index in [0.717, 1.165) is 112 Å². The molecule has 8 nitrogen and oxygen atoms in total. The summed E-state index contributed by atoms with van der Waals surface area (Å²) in [7, 11) is 0. The second-order valence-corrected chi connectivity index (χ2v) is 24.1. The Hall–Kier alpha value is -11.0. The van der Waals surface area contributed by atoms with Gasteiger partial charge in [0.1, 0.15) is 52.8 Å². The van der Waals surface area contributed by atoms with Crippen LogP contribution in [0.5, 0.6) is 11.5 Å². The van der Waals surface area contributed by atoms with Gasteiger partial charge in [-0.3, -0.25) is 5.32 Å². The molecule has 5 heterocycles. The Balaban J connectivity index is 0.727. The van der Waals surface area contributed by atoms with Gasteiger partial charge in [-0.05, 0) is 80.9 Å². The summed E-state index contributed by atoms with van der Waals surface area (Å²) in [6, 6.07) is 99.3. The predicted octanol–water partition coefficient (Wildman–Crippen LogP) is 18.6. The molecule has 4 atom stereocenters. The fraction of sp³-hybridized carbons (Fsp3) is 0.0506. The van der Waals surface area contributed by atoms with E-state index in [1.165, 1.54) is 42.4 Å². The average molecular weight is 1150 g/mol. The fourth-order valence-electron chi connectivity index (χ4n) is 14.1. The Morgan fingerprint density at radius 3 is 1.86 bits per heavy atom. The third kappa shape index (κ3) is 7.91. The maximum Gasteiger partial charge on any atom is 0.159 e. The first-order chi connectivity index (χ1) is 43.6. The molecule has 4 aliphatic rings. The zero-order valence-electron chi connectivity index (χ0n) is 47.4. The van der Waals surface area contributed by atoms with Crippen LogP contribution in [0.25, 0.3) is 75.5 Å². The zero-order valence-corrected chi connectivity index (χ0v) is 48.2. The van der Waals surface area contributed by atoms with Gasteiger partial charge in [-0.1, -0.05) is 243 Å². The summed E-state index contributed by atoms with van der Waals surface area (Å²) in [4.78, 5) is 15.7. The number of amidine groups is 3. The van der Waals surface area contributed by atoms with E-state index >= 15 is 0 Å². The van der Waals surface area contributed by atoms with Gasteiger partial charge in [0.25, 0.3) is 0 Å². The van der Waals surface area contributed by atoms with Crippen LogP contribution in [-0.2, 0) is 5.41 Å². The van der Waals surface area contributed by atoms with Crippen LogP contribution in [0.4, 0.5) is 0 Å². The van der Waals surface area contributed by atoms with Gasteiger partial charge < -0.3 is 19.8 Å². The highest BCUT2D eigenvalue weighted by atomic mass is 32.1. The molecular formula is C79H52N6O2S. The molecule has 18 rings (SSSR count). The van der Waals surface area contributed by atoms with Crippen molar-refractivity contribution in [3.8, 4) is 44.9 Å². The highest BCUT2D eigenvalue weighted by molar-refractivity contribution is 7.26. The van der Waals surface area contributed by atoms with Crippen molar-refractivity contribution < 1.29 is 9.15 Å². The molecule has 416 valence electrons. The van der Waals surface area contributed by atoms with Crippen LogP contribution < -0.4 is 20.7 Å². The van der Waals surface area contributed by atoms with Crippen LogP contribution >= 0.6 is 11.3 Å². The SMILES string of the molecule is c1ccc(C2=NC(c3cccc4c3sc3cc(-c5cccc6c5Oc5ccccc5C65c6ccccc6-c6cc(-c7ccc8c(c7)oc7cccc(C9N=C(c%10ccccc%10)NC(c%10ccccc%10)N9)c78)ccc65)ccc34)NC(c3ccccc3)=N2)cc1. The molecule has 3 aliphatic heterocycles. The summed E-state index contributed by atoms with van der Waals surface area (Å²) in [5, 5.41) is 15.7. The van der Waals surface area contributed by atoms with Crippen molar-refractivity contribution in [1.29, 1.82) is 0 Å². The van der Waals surface area contributed by atoms with Crippen molar-refractivity contribution in [2.24, 2.45) is 15.0 Å². The predicted molar refractivity (Wildman–Crippen MR) is 358 cm³/mol. The molecule has 0 bridgehead atoms. The smallest absolute Gasteiger partial charge is 0.159 e. The average Bonchev–Trinajstić information content (AvgIpc) is 1.47. The molecule has 0 saturated heterocycles. The van der Waals surface area contributed by atoms with E-state index < -0.39 is 5.41 Å². The number of para-hydroxylation sites is 2. The van der Waals surface area contributed by atoms with Gasteiger partial charge >= 0.3 is 0 Å². The quantitative estimate of drug-likeness (QED) is 0.141. The summed E-state index contributed by atoms with van der Waals surface area (Å²) in [5.74, 6) is 4.06. The number of hydrogen-bond acceptors (Lipinski definition) is 9. The number of aliphatic imine (C=N–C) groups is 3. The molecule has 1 spiro atoms. The van der Waals surface area contributed by atoms with Crippen LogP contribution in [0, 0.1) is 0 Å². The number of furan rings is 1. The number of nitrogens with one attached hydrogen (secondary N) is 3. The van der Waals surface area contributed by atoms with Gasteiger partial charge in [-0.2, -0.15) is 0 Å². The summed E-state index contributed by atoms with van der Waals surface area (Å²) in [5.41, 5.74) is 18.7. The molecule has 3 N–H and O–H groups in total. The van der Waals surface area contributed by atoms with Crippen LogP contribution in [-0.4, -0.2) is 17.5 Å². The number of benzene rings is 12. The van der Waals surface area contributed by atoms with E-state index in [-0.39, 0.29) is 18.5 Å². The minimum atomic E-state index is -0.667. The highest BCUT2D eigenvalue weighted by Crippen LogP contribution is 2.64. The molecule has 4 unspecified atom stereocenters. The first-order valence-corrected chi connectivity index (χ1v) is 30.7. The standard InChI is InChI=1S/C79H52N6O2S/c1-5-20-47(21-6-1)73-80-74(48-22-7-2-8-23-48)83-77(82-73)59-31-19-37-67-70(59)58-42-38-52(45-68(58)86-67)51-40-43-63-61(44-51)55-28-13-14-33-62(55)79(63)64-34-15-16-36-66(64)87-71-54(29-18-35-65(71)79)53-39-41-56-57-30-17-32-60(72(57)88-69(56)46-53)78-84-75(49-24-9-3-10-25-49)81-76(85-78)50-26-11-4-12-27-50/h1-46,73,77-78,82H,(H,80,83)(H,81,84,85). The van der Waals surface area contributed by atoms with Crippen LogP contribution in [0.1, 0.15) is 74.1 Å². The van der Waals surface area contributed by atoms with E-state index in [4.69, 9.17) is 24.1 Å². The number of hydrogen-bond donors (Lipinski definition) is 3. The third-order valence-electron chi connectivity index (χ3n) is 18.1. The van der Waals surface area contributed by atoms with Crippen molar-refractivity contribution in [2.45, 2.75) is 23.9 Å². The Morgan fingerprint density at radius 2 is 1.03 bits per heavy atom. The summed E-state index contributed by atoms with van der Waals surface area (Å²) < 4.78 is 16.4. The molecule has 88 heavy (non-hydrogen) atoms. The van der Waals surface area contributed by atoms with E-state index in [1.54, 1.807) is 0 Å². The number of ether oxygens (including phenoxy) is 1. The molecule has 0 saturated carbocycles. The minimum absolute atomic E-state index is 0.159. The number of rotatable bonds is 8. The molecule has 14 aromatic rings. The number of nitrogens with zero attached hydrogens (tertiary/aromatic N) is 3. The van der Waals surface area contributed by atoms with Gasteiger partial charge in [-0.15, -0.1) is 11.3 Å². The van der Waals surface area contributed by atoms with Gasteiger partial charge in [0.05, 0.1) is 5.41 Å². The largest absolute Gasteiger partial charge is 0.456 e. The first-order valence-electron chi connectivity index (χ1n) is 29.9. The molecular weight excluding hydrogens is 1100 g/mol. The number of fused-ring (bicyclic) bond motifs is 15. The second-order valence-electron chi connectivity index (χ2n) is 23.0. The summed E-state index contributed by atoms with van der Waals surface area (Å²) in [6.07, 6.45) is -0.852. The van der Waals surface area contributed by atoms with Gasteiger partial charge in [-0.25, -0.2) is 15.0 Å². The van der Waals surface area contributed by atoms with Crippen LogP contribution in [0.15, 0.2) is 298 Å². The lowest BCUT2D eigenvalue weighted by Gasteiger charge is -2.40. The lowest BCUT2D eigenvalue weighted by Crippen LogP contribution is -2.44. The van der Waals surface area contributed by atoms with E-state index in [0.29, 0.717) is 5.84 Å². The van der Waals surface area contributed by atoms with Crippen LogP contribution in [0.2, 0.25) is 0 Å². The third-order valence-corrected chi connectivity index (χ3v) is 19.3. The second kappa shape index (κ2) is 20.1. The molecule has 1 aliphatic carbocycles. The lowest BCUT2D eigenvalue weighted by atomic mass is 9.65. The number of thiophene rings is 1. The first kappa shape index (κ1) is 50.4. The minimum Gasteiger partial charge on any atom is -0.456 e. The van der Waals surface area contributed by atoms with Gasteiger partial charge in [0.2, 0.25) is 0 Å². The highest BCUT2D eigenvalue weighted by Gasteiger charge is 2.51. The Morgan fingerprint density at radius 1 is 0.398 bits per heavy atom. The molecule has 2 aromatic heterocycles. The van der Waals surface area contributed by atoms with Gasteiger partial charge in [0.15, 0.2) is 5.84 Å². The Labute approximate surface area is 511 Å². The summed E-state index contributed by atoms with van der Waals surface area (Å²) in [6.45, 7) is 0. The van der Waals surface area contributed by atoms with Crippen molar-refractivity contribution in [3.63, 3.8) is 0 Å². The molecule has 12 aromatic carbocycles. The zero-order chi connectivity index (χ0) is 57.9. The van der Waals surface area contributed by atoms with Crippen molar-refractivity contribution >= 4 is 71.0 Å². The Bertz CT molecular complexity index is 5250. The van der Waals surface area contributed by atoms with E-state index in [9.17, 15) is 0 Å². The van der Waals surface area contributed by atoms with Crippen molar-refractivity contribution in [1.82, 2.24) is 16.0 Å². The van der Waals surface area contributed by atoms with Crippen molar-refractivity contribution in [2.75, 3.05) is 0 Å². The molecule has 0 amide bonds. The monoisotopic (exact) mass is 1150 g/mol. The summed E-state index contributed by atoms with van der Waals surface area (Å²) >= 11 is 1.81.